The molecule has 2 saturated carbocycles. The fourth-order valence-electron chi connectivity index (χ4n) is 3.70. The molecule has 0 aromatic carbocycles. The molecule has 0 saturated heterocycles. The molecular weight excluding hydrogens is 318 g/mol. The zero-order chi connectivity index (χ0) is 17.8. The average molecular weight is 347 g/mol. The molecule has 2 aliphatic rings. The van der Waals surface area contributed by atoms with Crippen molar-refractivity contribution in [3.05, 3.63) is 11.9 Å². The fourth-order valence-corrected chi connectivity index (χ4v) is 3.70. The summed E-state index contributed by atoms with van der Waals surface area (Å²) in [7, 11) is 0. The van der Waals surface area contributed by atoms with E-state index in [9.17, 15) is 9.59 Å². The second-order valence-corrected chi connectivity index (χ2v) is 7.20. The molecule has 0 bridgehead atoms. The third-order valence-corrected chi connectivity index (χ3v) is 5.67. The van der Waals surface area contributed by atoms with E-state index in [1.807, 2.05) is 18.5 Å². The van der Waals surface area contributed by atoms with Crippen LogP contribution in [0.2, 0.25) is 0 Å². The Morgan fingerprint density at radius 1 is 1.16 bits per heavy atom. The molecule has 0 spiro atoms. The van der Waals surface area contributed by atoms with E-state index in [1.165, 1.54) is 6.42 Å². The number of amides is 2. The first kappa shape index (κ1) is 17.9. The lowest BCUT2D eigenvalue weighted by atomic mass is 9.84. The van der Waals surface area contributed by atoms with E-state index < -0.39 is 0 Å². The summed E-state index contributed by atoms with van der Waals surface area (Å²) in [6.45, 7) is 5.28. The Morgan fingerprint density at radius 2 is 1.84 bits per heavy atom. The van der Waals surface area contributed by atoms with Crippen molar-refractivity contribution in [3.63, 3.8) is 0 Å². The van der Waals surface area contributed by atoms with Crippen LogP contribution >= 0.6 is 0 Å². The molecule has 0 aliphatic heterocycles. The maximum atomic E-state index is 12.3. The maximum Gasteiger partial charge on any atom is 0.276 e. The summed E-state index contributed by atoms with van der Waals surface area (Å²) < 4.78 is 1.83. The lowest BCUT2D eigenvalue weighted by molar-refractivity contribution is -0.128. The number of carbonyl (C=O) groups is 2. The smallest absolute Gasteiger partial charge is 0.276 e. The van der Waals surface area contributed by atoms with Gasteiger partial charge in [-0.1, -0.05) is 11.6 Å². The van der Waals surface area contributed by atoms with Gasteiger partial charge in [0.2, 0.25) is 5.91 Å². The first-order valence-corrected chi connectivity index (χ1v) is 9.63. The van der Waals surface area contributed by atoms with Gasteiger partial charge in [-0.2, -0.15) is 0 Å². The van der Waals surface area contributed by atoms with E-state index in [0.29, 0.717) is 18.8 Å². The Balaban J connectivity index is 1.51. The highest BCUT2D eigenvalue weighted by molar-refractivity contribution is 5.91. The van der Waals surface area contributed by atoms with Crippen LogP contribution in [0.3, 0.4) is 0 Å². The summed E-state index contributed by atoms with van der Waals surface area (Å²) in [4.78, 5) is 26.2. The molecular formula is C18H29N5O2. The van der Waals surface area contributed by atoms with Gasteiger partial charge in [-0.25, -0.2) is 4.68 Å². The summed E-state index contributed by atoms with van der Waals surface area (Å²) in [5.74, 6) is 0.432. The Kier molecular flexibility index (Phi) is 5.71. The maximum absolute atomic E-state index is 12.3. The number of carbonyl (C=O) groups excluding carboxylic acids is 2. The van der Waals surface area contributed by atoms with Crippen molar-refractivity contribution in [3.8, 4) is 0 Å². The fraction of sp³-hybridized carbons (Fsp3) is 0.778. The summed E-state index contributed by atoms with van der Waals surface area (Å²) in [5.41, 5.74) is 0.420. The second kappa shape index (κ2) is 7.97. The van der Waals surface area contributed by atoms with Crippen LogP contribution in [0.25, 0.3) is 0 Å². The van der Waals surface area contributed by atoms with Gasteiger partial charge in [0.25, 0.3) is 5.91 Å². The number of hydrogen-bond donors (Lipinski definition) is 1. The molecule has 0 unspecified atom stereocenters. The molecule has 2 amide bonds. The Bertz CT molecular complexity index is 598. The summed E-state index contributed by atoms with van der Waals surface area (Å²) >= 11 is 0. The van der Waals surface area contributed by atoms with Crippen LogP contribution in [0.4, 0.5) is 0 Å². The van der Waals surface area contributed by atoms with Crippen LogP contribution in [0.5, 0.6) is 0 Å². The van der Waals surface area contributed by atoms with E-state index in [2.05, 4.69) is 15.6 Å². The Labute approximate surface area is 149 Å². The predicted molar refractivity (Wildman–Crippen MR) is 94.1 cm³/mol. The zero-order valence-corrected chi connectivity index (χ0v) is 15.3. The minimum Gasteiger partial charge on any atom is -0.353 e. The highest BCUT2D eigenvalue weighted by Crippen LogP contribution is 2.30. The van der Waals surface area contributed by atoms with Gasteiger partial charge in [-0.15, -0.1) is 5.10 Å². The standard InChI is InChI=1S/C18H29N5O2/c1-3-22(4-2)18(25)16-12-23(21-20-16)15-10-8-14(9-11-15)19-17(24)13-6-5-7-13/h12-15H,3-11H2,1-2H3,(H,19,24). The molecule has 0 atom stereocenters. The molecule has 7 heteroatoms. The number of rotatable bonds is 6. The number of hydrogen-bond acceptors (Lipinski definition) is 4. The molecule has 0 radical (unpaired) electrons. The van der Waals surface area contributed by atoms with E-state index in [0.717, 1.165) is 38.5 Å². The van der Waals surface area contributed by atoms with Gasteiger partial charge in [-0.3, -0.25) is 9.59 Å². The van der Waals surface area contributed by atoms with Gasteiger partial charge in [-0.05, 0) is 52.4 Å². The molecule has 1 aromatic heterocycles. The zero-order valence-electron chi connectivity index (χ0n) is 15.3. The van der Waals surface area contributed by atoms with Crippen molar-refractivity contribution in [2.24, 2.45) is 5.92 Å². The van der Waals surface area contributed by atoms with Crippen LogP contribution in [0.15, 0.2) is 6.20 Å². The van der Waals surface area contributed by atoms with Gasteiger partial charge in [0.05, 0.1) is 12.2 Å². The summed E-state index contributed by atoms with van der Waals surface area (Å²) in [6, 6.07) is 0.548. The van der Waals surface area contributed by atoms with Gasteiger partial charge < -0.3 is 10.2 Å². The van der Waals surface area contributed by atoms with Crippen molar-refractivity contribution >= 4 is 11.8 Å². The van der Waals surface area contributed by atoms with Gasteiger partial charge in [0.15, 0.2) is 5.69 Å². The predicted octanol–water partition coefficient (Wildman–Crippen LogP) is 2.16. The van der Waals surface area contributed by atoms with E-state index in [1.54, 1.807) is 11.1 Å². The van der Waals surface area contributed by atoms with Crippen molar-refractivity contribution in [2.45, 2.75) is 70.9 Å². The molecule has 1 aromatic rings. The van der Waals surface area contributed by atoms with Crippen molar-refractivity contribution in [1.82, 2.24) is 25.2 Å². The molecule has 7 nitrogen and oxygen atoms in total. The van der Waals surface area contributed by atoms with Gasteiger partial charge in [0, 0.05) is 25.0 Å². The van der Waals surface area contributed by atoms with Crippen LogP contribution in [0, 0.1) is 5.92 Å². The van der Waals surface area contributed by atoms with Crippen molar-refractivity contribution in [1.29, 1.82) is 0 Å². The van der Waals surface area contributed by atoms with Crippen LogP contribution in [0.1, 0.15) is 75.3 Å². The topological polar surface area (TPSA) is 80.1 Å². The van der Waals surface area contributed by atoms with Gasteiger partial charge >= 0.3 is 0 Å². The van der Waals surface area contributed by atoms with E-state index in [-0.39, 0.29) is 29.8 Å². The highest BCUT2D eigenvalue weighted by Gasteiger charge is 2.29. The monoisotopic (exact) mass is 347 g/mol. The second-order valence-electron chi connectivity index (χ2n) is 7.20. The molecule has 138 valence electrons. The molecule has 2 aliphatic carbocycles. The molecule has 1 N–H and O–H groups in total. The molecule has 3 rings (SSSR count). The van der Waals surface area contributed by atoms with Crippen molar-refractivity contribution < 1.29 is 9.59 Å². The van der Waals surface area contributed by atoms with Crippen molar-refractivity contribution in [2.75, 3.05) is 13.1 Å². The molecule has 25 heavy (non-hydrogen) atoms. The SMILES string of the molecule is CCN(CC)C(=O)c1cn(C2CCC(NC(=O)C3CCC3)CC2)nn1. The third kappa shape index (κ3) is 4.02. The number of nitrogens with zero attached hydrogens (tertiary/aromatic N) is 4. The molecule has 2 fully saturated rings. The Morgan fingerprint density at radius 3 is 2.40 bits per heavy atom. The Hall–Kier alpha value is -1.92. The lowest BCUT2D eigenvalue weighted by Crippen LogP contribution is -2.42. The quantitative estimate of drug-likeness (QED) is 0.855. The van der Waals surface area contributed by atoms with Crippen LogP contribution in [-0.4, -0.2) is 50.8 Å². The van der Waals surface area contributed by atoms with Crippen LogP contribution in [-0.2, 0) is 4.79 Å². The first-order chi connectivity index (χ1) is 12.1. The lowest BCUT2D eigenvalue weighted by Gasteiger charge is -2.32. The molecule has 1 heterocycles. The van der Waals surface area contributed by atoms with E-state index >= 15 is 0 Å². The largest absolute Gasteiger partial charge is 0.353 e. The summed E-state index contributed by atoms with van der Waals surface area (Å²) in [5, 5.41) is 11.5. The highest BCUT2D eigenvalue weighted by atomic mass is 16.2. The normalized spacial score (nSPS) is 23.8. The first-order valence-electron chi connectivity index (χ1n) is 9.63. The van der Waals surface area contributed by atoms with Gasteiger partial charge in [0.1, 0.15) is 0 Å². The van der Waals surface area contributed by atoms with E-state index in [4.69, 9.17) is 0 Å². The number of nitrogens with one attached hydrogen (secondary N) is 1. The van der Waals surface area contributed by atoms with Crippen LogP contribution < -0.4 is 5.32 Å². The minimum atomic E-state index is -0.0577. The number of aromatic nitrogens is 3. The third-order valence-electron chi connectivity index (χ3n) is 5.67. The summed E-state index contributed by atoms with van der Waals surface area (Å²) in [6.07, 6.45) is 8.89. The minimum absolute atomic E-state index is 0.0577. The average Bonchev–Trinajstić information content (AvgIpc) is 3.05.